The SMILES string of the molecule is CC1=CSC(=C(C#N)c2ccnc(NC3CCCC3)n2)N1.CC1=CSC(=C(C#N)c2ccnc(NC3CCCCC3)n2)N1.CNc1nccc(C(C#N)=C2NC(C)=CS2)n1. The van der Waals surface area contributed by atoms with Gasteiger partial charge in [0.05, 0.1) is 32.2 Å². The molecule has 0 atom stereocenters. The van der Waals surface area contributed by atoms with Crippen molar-refractivity contribution >= 4 is 69.8 Å². The van der Waals surface area contributed by atoms with Crippen LogP contribution in [0.15, 0.2) is 85.2 Å². The standard InChI is InChI=1S/C16H19N5S.C15H17N5S.C11H11N5S/c1-11-10-22-15(19-11)13(9-17)14-7-8-18-16(21-14)20-12-5-3-2-4-6-12;1-10-9-21-14(18-10)12(8-16)13-6-7-17-15(20-13)19-11-4-2-3-5-11;1-7-6-17-10(15-7)8(5-12)9-3-4-14-11(13-2)16-9/h7-8,10,12,19H,2-6H2,1H3,(H,18,20,21);6-7,9,11,18H,2-5H2,1H3,(H,17,19,20);3-4,6,15H,1-2H3,(H,13,14,16). The predicted molar refractivity (Wildman–Crippen MR) is 243 cm³/mol. The second-order valence-corrected chi connectivity index (χ2v) is 16.9. The molecule has 0 unspecified atom stereocenters. The van der Waals surface area contributed by atoms with E-state index in [4.69, 9.17) is 0 Å². The fourth-order valence-corrected chi connectivity index (χ4v) is 9.15. The van der Waals surface area contributed by atoms with Gasteiger partial charge < -0.3 is 31.9 Å². The number of nitrogens with zero attached hydrogens (tertiary/aromatic N) is 9. The number of anilines is 3. The first-order chi connectivity index (χ1) is 29.3. The Bertz CT molecular complexity index is 2350. The molecule has 2 saturated carbocycles. The Hall–Kier alpha value is -6.00. The van der Waals surface area contributed by atoms with Gasteiger partial charge in [0.15, 0.2) is 0 Å². The third-order valence-corrected chi connectivity index (χ3v) is 12.6. The van der Waals surface area contributed by atoms with Crippen molar-refractivity contribution in [2.24, 2.45) is 0 Å². The monoisotopic (exact) mass is 857 g/mol. The second-order valence-electron chi connectivity index (χ2n) is 14.2. The Morgan fingerprint density at radius 3 is 1.20 bits per heavy atom. The zero-order valence-corrected chi connectivity index (χ0v) is 36.4. The summed E-state index contributed by atoms with van der Waals surface area (Å²) in [7, 11) is 1.74. The van der Waals surface area contributed by atoms with Gasteiger partial charge in [0, 0.05) is 54.8 Å². The highest BCUT2D eigenvalue weighted by Gasteiger charge is 2.20. The van der Waals surface area contributed by atoms with E-state index in [9.17, 15) is 15.8 Å². The van der Waals surface area contributed by atoms with Crippen LogP contribution >= 0.6 is 35.3 Å². The average Bonchev–Trinajstić information content (AvgIpc) is 4.11. The number of nitriles is 3. The summed E-state index contributed by atoms with van der Waals surface area (Å²) in [6.45, 7) is 5.90. The minimum absolute atomic E-state index is 0.449. The van der Waals surface area contributed by atoms with Crippen LogP contribution in [0.25, 0.3) is 16.7 Å². The van der Waals surface area contributed by atoms with E-state index in [-0.39, 0.29) is 0 Å². The minimum atomic E-state index is 0.449. The van der Waals surface area contributed by atoms with E-state index in [0.717, 1.165) is 32.2 Å². The molecule has 308 valence electrons. The van der Waals surface area contributed by atoms with Crippen LogP contribution in [0.3, 0.4) is 0 Å². The van der Waals surface area contributed by atoms with E-state index in [1.54, 1.807) is 43.8 Å². The van der Waals surface area contributed by atoms with Gasteiger partial charge in [-0.3, -0.25) is 0 Å². The number of rotatable bonds is 8. The summed E-state index contributed by atoms with van der Waals surface area (Å²) < 4.78 is 0. The molecule has 2 aliphatic carbocycles. The molecule has 0 radical (unpaired) electrons. The summed E-state index contributed by atoms with van der Waals surface area (Å²) >= 11 is 4.54. The maximum atomic E-state index is 9.47. The van der Waals surface area contributed by atoms with Gasteiger partial charge in [-0.15, -0.1) is 0 Å². The van der Waals surface area contributed by atoms with Crippen molar-refractivity contribution in [2.45, 2.75) is 90.6 Å². The molecule has 0 spiro atoms. The number of hydrogen-bond acceptors (Lipinski definition) is 18. The third-order valence-electron chi connectivity index (χ3n) is 9.59. The maximum Gasteiger partial charge on any atom is 0.223 e. The second kappa shape index (κ2) is 21.8. The average molecular weight is 858 g/mol. The molecule has 15 nitrogen and oxygen atoms in total. The minimum Gasteiger partial charge on any atom is -0.357 e. The Labute approximate surface area is 364 Å². The van der Waals surface area contributed by atoms with Gasteiger partial charge in [-0.2, -0.15) is 15.8 Å². The summed E-state index contributed by atoms with van der Waals surface area (Å²) in [6, 6.07) is 12.9. The molecule has 3 aromatic rings. The van der Waals surface area contributed by atoms with Crippen LogP contribution in [-0.2, 0) is 0 Å². The highest BCUT2D eigenvalue weighted by atomic mass is 32.2. The van der Waals surface area contributed by atoms with Crippen LogP contribution in [0.5, 0.6) is 0 Å². The zero-order chi connectivity index (χ0) is 42.3. The third kappa shape index (κ3) is 12.0. The fraction of sp³-hybridized carbons (Fsp3) is 0.357. The van der Waals surface area contributed by atoms with E-state index >= 15 is 0 Å². The van der Waals surface area contributed by atoms with Crippen molar-refractivity contribution in [3.63, 3.8) is 0 Å². The maximum absolute atomic E-state index is 9.47. The Morgan fingerprint density at radius 1 is 0.550 bits per heavy atom. The van der Waals surface area contributed by atoms with E-state index in [2.05, 4.69) is 80.0 Å². The van der Waals surface area contributed by atoms with Crippen LogP contribution in [0.4, 0.5) is 17.8 Å². The van der Waals surface area contributed by atoms with Gasteiger partial charge in [0.2, 0.25) is 17.8 Å². The lowest BCUT2D eigenvalue weighted by Gasteiger charge is -2.22. The quantitative estimate of drug-likeness (QED) is 0.117. The van der Waals surface area contributed by atoms with Crippen LogP contribution in [0, 0.1) is 34.0 Å². The molecule has 5 aliphatic rings. The number of allylic oxidation sites excluding steroid dienone is 6. The first kappa shape index (κ1) is 43.6. The van der Waals surface area contributed by atoms with E-state index in [0.29, 0.717) is 63.7 Å². The molecule has 8 rings (SSSR count). The van der Waals surface area contributed by atoms with E-state index in [1.807, 2.05) is 37.0 Å². The molecule has 2 fully saturated rings. The van der Waals surface area contributed by atoms with Crippen molar-refractivity contribution in [2.75, 3.05) is 23.0 Å². The smallest absolute Gasteiger partial charge is 0.223 e. The highest BCUT2D eigenvalue weighted by molar-refractivity contribution is 8.06. The van der Waals surface area contributed by atoms with E-state index in [1.165, 1.54) is 93.1 Å². The highest BCUT2D eigenvalue weighted by Crippen LogP contribution is 2.33. The Morgan fingerprint density at radius 2 is 0.883 bits per heavy atom. The van der Waals surface area contributed by atoms with Crippen LogP contribution in [-0.4, -0.2) is 49.0 Å². The van der Waals surface area contributed by atoms with Crippen molar-refractivity contribution < 1.29 is 0 Å². The van der Waals surface area contributed by atoms with E-state index < -0.39 is 0 Å². The van der Waals surface area contributed by atoms with Gasteiger partial charge in [-0.05, 0) is 80.9 Å². The number of hydrogen-bond donors (Lipinski definition) is 6. The lowest BCUT2D eigenvalue weighted by Crippen LogP contribution is -2.23. The largest absolute Gasteiger partial charge is 0.357 e. The number of thioether (sulfide) groups is 3. The molecular formula is C42H47N15S3. The van der Waals surface area contributed by atoms with Crippen molar-refractivity contribution in [3.05, 3.63) is 102 Å². The zero-order valence-electron chi connectivity index (χ0n) is 34.0. The fourth-order valence-electron chi connectivity index (χ4n) is 6.63. The Balaban J connectivity index is 0.000000152. The lowest BCUT2D eigenvalue weighted by atomic mass is 9.96. The predicted octanol–water partition coefficient (Wildman–Crippen LogP) is 8.74. The summed E-state index contributed by atoms with van der Waals surface area (Å²) in [5.74, 6) is 1.73. The van der Waals surface area contributed by atoms with Crippen LogP contribution < -0.4 is 31.9 Å². The molecular weight excluding hydrogens is 811 g/mol. The molecule has 6 N–H and O–H groups in total. The number of aromatic nitrogens is 6. The van der Waals surface area contributed by atoms with Crippen molar-refractivity contribution in [1.82, 2.24) is 45.9 Å². The van der Waals surface area contributed by atoms with Gasteiger partial charge in [-0.25, -0.2) is 29.9 Å². The topological polar surface area (TPSA) is 221 Å². The van der Waals surface area contributed by atoms with Gasteiger partial charge in [0.25, 0.3) is 0 Å². The van der Waals surface area contributed by atoms with Crippen molar-refractivity contribution in [3.8, 4) is 18.2 Å². The van der Waals surface area contributed by atoms with Crippen LogP contribution in [0.2, 0.25) is 0 Å². The summed E-state index contributed by atoms with van der Waals surface area (Å²) in [5.41, 5.74) is 6.70. The van der Waals surface area contributed by atoms with Gasteiger partial charge in [0.1, 0.15) is 34.9 Å². The summed E-state index contributed by atoms with van der Waals surface area (Å²) in [6.07, 6.45) is 16.1. The summed E-state index contributed by atoms with van der Waals surface area (Å²) in [5, 5.41) is 55.7. The van der Waals surface area contributed by atoms with Crippen molar-refractivity contribution in [1.29, 1.82) is 15.8 Å². The first-order valence-electron chi connectivity index (χ1n) is 19.7. The van der Waals surface area contributed by atoms with Gasteiger partial charge >= 0.3 is 0 Å². The molecule has 0 amide bonds. The lowest BCUT2D eigenvalue weighted by molar-refractivity contribution is 0.461. The first-order valence-corrected chi connectivity index (χ1v) is 22.4. The van der Waals surface area contributed by atoms with Gasteiger partial charge in [-0.1, -0.05) is 67.4 Å². The molecule has 3 aliphatic heterocycles. The molecule has 0 bridgehead atoms. The van der Waals surface area contributed by atoms with Crippen LogP contribution in [0.1, 0.15) is 95.6 Å². The molecule has 0 saturated heterocycles. The Kier molecular flexibility index (Phi) is 15.9. The normalized spacial score (nSPS) is 19.6. The molecule has 0 aromatic carbocycles. The molecule has 18 heteroatoms. The molecule has 6 heterocycles. The summed E-state index contributed by atoms with van der Waals surface area (Å²) in [4.78, 5) is 25.9. The molecule has 60 heavy (non-hydrogen) atoms. The number of nitrogens with one attached hydrogen (secondary N) is 6. The molecule has 3 aromatic heterocycles.